The number of alkyl halides is 1. The third kappa shape index (κ3) is 5.56. The zero-order chi connectivity index (χ0) is 23.0. The molecule has 5 N–H and O–H groups in total. The van der Waals surface area contributed by atoms with Crippen LogP contribution in [0.15, 0.2) is 54.1 Å². The van der Waals surface area contributed by atoms with Crippen molar-refractivity contribution in [3.05, 3.63) is 65.2 Å². The SMILES string of the molecule is CCOC1=CC(CNCCF)(Cc2cnc(N)nc2N)CC(OCC)=C1c1ccccc1. The summed E-state index contributed by atoms with van der Waals surface area (Å²) in [4.78, 5) is 8.23. The minimum atomic E-state index is -0.476. The predicted octanol–water partition coefficient (Wildman–Crippen LogP) is 3.50. The second-order valence-corrected chi connectivity index (χ2v) is 7.76. The third-order valence-electron chi connectivity index (χ3n) is 5.36. The van der Waals surface area contributed by atoms with E-state index in [1.165, 1.54) is 0 Å². The molecule has 0 spiro atoms. The van der Waals surface area contributed by atoms with Gasteiger partial charge in [-0.25, -0.2) is 9.37 Å². The number of aromatic nitrogens is 2. The van der Waals surface area contributed by atoms with Gasteiger partial charge in [0, 0.05) is 36.7 Å². The molecule has 7 nitrogen and oxygen atoms in total. The lowest BCUT2D eigenvalue weighted by Crippen LogP contribution is -2.39. The maximum atomic E-state index is 12.9. The molecule has 2 aromatic rings. The van der Waals surface area contributed by atoms with Gasteiger partial charge in [0.15, 0.2) is 0 Å². The summed E-state index contributed by atoms with van der Waals surface area (Å²) in [6, 6.07) is 10.0. The number of hydrogen-bond acceptors (Lipinski definition) is 7. The number of nitrogens with one attached hydrogen (secondary N) is 1. The number of ether oxygens (including phenoxy) is 2. The summed E-state index contributed by atoms with van der Waals surface area (Å²) in [7, 11) is 0. The smallest absolute Gasteiger partial charge is 0.221 e. The highest BCUT2D eigenvalue weighted by atomic mass is 19.1. The van der Waals surface area contributed by atoms with Crippen molar-refractivity contribution >= 4 is 17.3 Å². The lowest BCUT2D eigenvalue weighted by atomic mass is 9.73. The highest BCUT2D eigenvalue weighted by Gasteiger charge is 2.38. The molecule has 32 heavy (non-hydrogen) atoms. The van der Waals surface area contributed by atoms with Crippen LogP contribution in [0.2, 0.25) is 0 Å². The van der Waals surface area contributed by atoms with Crippen molar-refractivity contribution in [3.8, 4) is 0 Å². The molecule has 0 saturated heterocycles. The Hall–Kier alpha value is -3.13. The molecule has 1 aromatic heterocycles. The fourth-order valence-corrected chi connectivity index (χ4v) is 4.07. The summed E-state index contributed by atoms with van der Waals surface area (Å²) in [6.45, 7) is 5.25. The van der Waals surface area contributed by atoms with Gasteiger partial charge in [0.2, 0.25) is 5.95 Å². The standard InChI is InChI=1S/C24H32FN5O2/c1-3-31-19-13-24(16-28-11-10-25,12-18-15-29-23(27)30-22(18)26)14-20(32-4-2)21(19)17-8-6-5-7-9-17/h5-9,13,15,28H,3-4,10-12,14,16H2,1-2H3,(H4,26,27,29,30). The summed E-state index contributed by atoms with van der Waals surface area (Å²) < 4.78 is 25.2. The van der Waals surface area contributed by atoms with Crippen molar-refractivity contribution in [3.63, 3.8) is 0 Å². The quantitative estimate of drug-likeness (QED) is 0.458. The summed E-state index contributed by atoms with van der Waals surface area (Å²) in [5, 5.41) is 3.22. The van der Waals surface area contributed by atoms with Crippen LogP contribution in [0.4, 0.5) is 16.2 Å². The van der Waals surface area contributed by atoms with Crippen LogP contribution in [-0.2, 0) is 15.9 Å². The molecule has 0 bridgehead atoms. The van der Waals surface area contributed by atoms with Crippen LogP contribution in [0.3, 0.4) is 0 Å². The molecular formula is C24H32FN5O2. The van der Waals surface area contributed by atoms with Gasteiger partial charge in [0.05, 0.1) is 18.8 Å². The monoisotopic (exact) mass is 441 g/mol. The first kappa shape index (κ1) is 23.5. The molecule has 0 radical (unpaired) electrons. The van der Waals surface area contributed by atoms with Crippen molar-refractivity contribution in [2.45, 2.75) is 26.7 Å². The average Bonchev–Trinajstić information content (AvgIpc) is 2.77. The molecule has 172 valence electrons. The lowest BCUT2D eigenvalue weighted by Gasteiger charge is -2.37. The Labute approximate surface area is 188 Å². The fourth-order valence-electron chi connectivity index (χ4n) is 4.07. The number of allylic oxidation sites excluding steroid dienone is 2. The molecule has 1 heterocycles. The van der Waals surface area contributed by atoms with E-state index in [2.05, 4.69) is 21.4 Å². The Morgan fingerprint density at radius 1 is 1.12 bits per heavy atom. The highest BCUT2D eigenvalue weighted by Crippen LogP contribution is 2.44. The van der Waals surface area contributed by atoms with Gasteiger partial charge in [-0.05, 0) is 31.9 Å². The normalized spacial score (nSPS) is 18.4. The van der Waals surface area contributed by atoms with E-state index in [1.807, 2.05) is 44.2 Å². The van der Waals surface area contributed by atoms with Gasteiger partial charge >= 0.3 is 0 Å². The first-order valence-corrected chi connectivity index (χ1v) is 10.9. The van der Waals surface area contributed by atoms with E-state index in [-0.39, 0.29) is 12.5 Å². The van der Waals surface area contributed by atoms with Crippen molar-refractivity contribution in [1.29, 1.82) is 0 Å². The maximum absolute atomic E-state index is 12.9. The number of halogens is 1. The van der Waals surface area contributed by atoms with Crippen molar-refractivity contribution in [2.75, 3.05) is 44.4 Å². The Balaban J connectivity index is 2.09. The molecule has 3 rings (SSSR count). The molecular weight excluding hydrogens is 409 g/mol. The molecule has 0 fully saturated rings. The van der Waals surface area contributed by atoms with Crippen LogP contribution in [0.1, 0.15) is 31.4 Å². The second-order valence-electron chi connectivity index (χ2n) is 7.76. The molecule has 0 saturated carbocycles. The van der Waals surface area contributed by atoms with Crippen LogP contribution >= 0.6 is 0 Å². The predicted molar refractivity (Wildman–Crippen MR) is 125 cm³/mol. The van der Waals surface area contributed by atoms with E-state index in [0.717, 1.165) is 28.2 Å². The topological polar surface area (TPSA) is 108 Å². The molecule has 1 aliphatic rings. The van der Waals surface area contributed by atoms with Gasteiger partial charge in [0.1, 0.15) is 24.0 Å². The largest absolute Gasteiger partial charge is 0.497 e. The van der Waals surface area contributed by atoms with Crippen molar-refractivity contribution in [1.82, 2.24) is 15.3 Å². The zero-order valence-corrected chi connectivity index (χ0v) is 18.7. The van der Waals surface area contributed by atoms with Crippen LogP contribution < -0.4 is 16.8 Å². The van der Waals surface area contributed by atoms with Crippen molar-refractivity contribution < 1.29 is 13.9 Å². The lowest BCUT2D eigenvalue weighted by molar-refractivity contribution is 0.170. The van der Waals surface area contributed by atoms with E-state index < -0.39 is 12.1 Å². The molecule has 0 amide bonds. The molecule has 1 aliphatic carbocycles. The number of nitrogens with zero attached hydrogens (tertiary/aromatic N) is 2. The summed E-state index contributed by atoms with van der Waals surface area (Å²) in [6.07, 6.45) is 4.88. The number of anilines is 2. The van der Waals surface area contributed by atoms with Gasteiger partial charge < -0.3 is 26.3 Å². The maximum Gasteiger partial charge on any atom is 0.221 e. The molecule has 1 atom stereocenters. The average molecular weight is 442 g/mol. The van der Waals surface area contributed by atoms with Crippen LogP contribution in [0.5, 0.6) is 0 Å². The summed E-state index contributed by atoms with van der Waals surface area (Å²) in [5.74, 6) is 2.04. The Bertz CT molecular complexity index is 964. The number of nitrogen functional groups attached to an aromatic ring is 2. The molecule has 8 heteroatoms. The Morgan fingerprint density at radius 3 is 2.53 bits per heavy atom. The number of hydrogen-bond donors (Lipinski definition) is 3. The van der Waals surface area contributed by atoms with E-state index in [0.29, 0.717) is 38.4 Å². The zero-order valence-electron chi connectivity index (χ0n) is 18.7. The van der Waals surface area contributed by atoms with Crippen LogP contribution in [0, 0.1) is 5.41 Å². The van der Waals surface area contributed by atoms with E-state index >= 15 is 0 Å². The van der Waals surface area contributed by atoms with E-state index in [9.17, 15) is 4.39 Å². The highest BCUT2D eigenvalue weighted by molar-refractivity contribution is 5.80. The molecule has 1 unspecified atom stereocenters. The third-order valence-corrected chi connectivity index (χ3v) is 5.36. The second kappa shape index (κ2) is 10.9. The van der Waals surface area contributed by atoms with Crippen LogP contribution in [-0.4, -0.2) is 42.9 Å². The van der Waals surface area contributed by atoms with E-state index in [1.54, 1.807) is 6.20 Å². The summed E-state index contributed by atoms with van der Waals surface area (Å²) >= 11 is 0. The Kier molecular flexibility index (Phi) is 8.05. The van der Waals surface area contributed by atoms with Gasteiger partial charge in [-0.3, -0.25) is 0 Å². The van der Waals surface area contributed by atoms with Gasteiger partial charge in [-0.1, -0.05) is 30.3 Å². The fraction of sp³-hybridized carbons (Fsp3) is 0.417. The van der Waals surface area contributed by atoms with Crippen molar-refractivity contribution in [2.24, 2.45) is 5.41 Å². The van der Waals surface area contributed by atoms with Gasteiger partial charge in [-0.2, -0.15) is 4.98 Å². The molecule has 0 aliphatic heterocycles. The first-order valence-electron chi connectivity index (χ1n) is 10.9. The van der Waals surface area contributed by atoms with Gasteiger partial charge in [-0.15, -0.1) is 0 Å². The Morgan fingerprint density at radius 2 is 1.88 bits per heavy atom. The summed E-state index contributed by atoms with van der Waals surface area (Å²) in [5.41, 5.74) is 14.1. The number of nitrogens with two attached hydrogens (primary N) is 2. The number of rotatable bonds is 11. The van der Waals surface area contributed by atoms with E-state index in [4.69, 9.17) is 20.9 Å². The number of benzene rings is 1. The van der Waals surface area contributed by atoms with Crippen LogP contribution in [0.25, 0.3) is 5.57 Å². The minimum absolute atomic E-state index is 0.131. The first-order chi connectivity index (χ1) is 15.5. The molecule has 1 aromatic carbocycles. The van der Waals surface area contributed by atoms with Gasteiger partial charge in [0.25, 0.3) is 0 Å². The minimum Gasteiger partial charge on any atom is -0.497 e.